The number of alkyl halides is 3. The Balaban J connectivity index is 1.98. The van der Waals surface area contributed by atoms with Crippen LogP contribution in [-0.4, -0.2) is 41.1 Å². The highest BCUT2D eigenvalue weighted by atomic mass is 35.5. The number of para-hydroxylation sites is 1. The first-order valence-corrected chi connectivity index (χ1v) is 12.2. The second kappa shape index (κ2) is 10.2. The van der Waals surface area contributed by atoms with Crippen LogP contribution in [0.15, 0.2) is 36.4 Å². The van der Waals surface area contributed by atoms with Crippen molar-refractivity contribution in [3.63, 3.8) is 0 Å². The van der Waals surface area contributed by atoms with E-state index in [4.69, 9.17) is 25.8 Å². The van der Waals surface area contributed by atoms with Gasteiger partial charge in [0.25, 0.3) is 0 Å². The van der Waals surface area contributed by atoms with Crippen LogP contribution < -0.4 is 9.47 Å². The molecule has 0 saturated carbocycles. The molecule has 12 heteroatoms. The predicted octanol–water partition coefficient (Wildman–Crippen LogP) is 6.18. The zero-order chi connectivity index (χ0) is 26.2. The molecule has 0 radical (unpaired) electrons. The first kappa shape index (κ1) is 26.2. The minimum atomic E-state index is -4.79. The summed E-state index contributed by atoms with van der Waals surface area (Å²) < 4.78 is 59.4. The van der Waals surface area contributed by atoms with Gasteiger partial charge in [0.15, 0.2) is 17.3 Å². The SMILES string of the molecule is COc1cccc(C2SC(CC(=O)OC(C)C)c3nnc(C(F)(F)F)n3-c3ccc(Cl)cc32)c1OC. The Morgan fingerprint density at radius 2 is 1.89 bits per heavy atom. The van der Waals surface area contributed by atoms with Gasteiger partial charge in [-0.15, -0.1) is 22.0 Å². The summed E-state index contributed by atoms with van der Waals surface area (Å²) in [7, 11) is 2.98. The summed E-state index contributed by atoms with van der Waals surface area (Å²) in [6.07, 6.45) is -5.39. The molecule has 0 N–H and O–H groups in total. The third-order valence-electron chi connectivity index (χ3n) is 5.48. The van der Waals surface area contributed by atoms with Crippen LogP contribution in [0, 0.1) is 0 Å². The molecule has 2 atom stereocenters. The molecule has 0 amide bonds. The summed E-state index contributed by atoms with van der Waals surface area (Å²) in [6, 6.07) is 9.87. The minimum Gasteiger partial charge on any atom is -0.493 e. The zero-order valence-electron chi connectivity index (χ0n) is 19.8. The van der Waals surface area contributed by atoms with Crippen LogP contribution in [0.4, 0.5) is 13.2 Å². The first-order valence-electron chi connectivity index (χ1n) is 10.9. The second-order valence-corrected chi connectivity index (χ2v) is 10.00. The van der Waals surface area contributed by atoms with E-state index in [1.165, 1.54) is 38.1 Å². The van der Waals surface area contributed by atoms with Gasteiger partial charge in [-0.05, 0) is 43.7 Å². The average molecular weight is 542 g/mol. The number of ether oxygens (including phenoxy) is 3. The summed E-state index contributed by atoms with van der Waals surface area (Å²) in [5.41, 5.74) is 1.32. The van der Waals surface area contributed by atoms with E-state index in [0.717, 1.165) is 4.57 Å². The van der Waals surface area contributed by atoms with Crippen molar-refractivity contribution in [3.8, 4) is 17.2 Å². The van der Waals surface area contributed by atoms with E-state index >= 15 is 0 Å². The number of hydrogen-bond donors (Lipinski definition) is 0. The third-order valence-corrected chi connectivity index (χ3v) is 7.20. The minimum absolute atomic E-state index is 0.0130. The largest absolute Gasteiger partial charge is 0.493 e. The summed E-state index contributed by atoms with van der Waals surface area (Å²) >= 11 is 7.56. The van der Waals surface area contributed by atoms with Gasteiger partial charge in [0.1, 0.15) is 0 Å². The fourth-order valence-corrected chi connectivity index (χ4v) is 5.81. The Morgan fingerprint density at radius 3 is 2.53 bits per heavy atom. The van der Waals surface area contributed by atoms with E-state index < -0.39 is 28.5 Å². The van der Waals surface area contributed by atoms with Crippen molar-refractivity contribution in [1.82, 2.24) is 14.8 Å². The smallest absolute Gasteiger partial charge is 0.452 e. The molecule has 7 nitrogen and oxygen atoms in total. The highest BCUT2D eigenvalue weighted by Gasteiger charge is 2.43. The Bertz CT molecular complexity index is 1280. The van der Waals surface area contributed by atoms with E-state index in [-0.39, 0.29) is 24.0 Å². The lowest BCUT2D eigenvalue weighted by Gasteiger charge is -2.24. The Hall–Kier alpha value is -2.92. The number of hydrogen-bond acceptors (Lipinski definition) is 7. The van der Waals surface area contributed by atoms with Crippen LogP contribution >= 0.6 is 23.4 Å². The highest BCUT2D eigenvalue weighted by Crippen LogP contribution is 2.54. The molecule has 3 aromatic rings. The van der Waals surface area contributed by atoms with E-state index in [1.54, 1.807) is 38.1 Å². The van der Waals surface area contributed by atoms with E-state index in [1.807, 2.05) is 0 Å². The van der Waals surface area contributed by atoms with Crippen molar-refractivity contribution in [1.29, 1.82) is 0 Å². The maximum atomic E-state index is 14.0. The molecule has 1 aliphatic rings. The lowest BCUT2D eigenvalue weighted by Crippen LogP contribution is -2.18. The molecule has 1 aromatic heterocycles. The van der Waals surface area contributed by atoms with Gasteiger partial charge in [0.2, 0.25) is 5.82 Å². The molecule has 1 aliphatic heterocycles. The van der Waals surface area contributed by atoms with E-state index in [9.17, 15) is 18.0 Å². The summed E-state index contributed by atoms with van der Waals surface area (Å²) in [4.78, 5) is 12.7. The van der Waals surface area contributed by atoms with Gasteiger partial charge in [-0.3, -0.25) is 9.36 Å². The number of halogens is 4. The average Bonchev–Trinajstić information content (AvgIpc) is 3.21. The molecule has 192 valence electrons. The quantitative estimate of drug-likeness (QED) is 0.345. The van der Waals surface area contributed by atoms with Crippen molar-refractivity contribution in [2.24, 2.45) is 0 Å². The third kappa shape index (κ3) is 4.99. The molecule has 0 saturated heterocycles. The molecule has 0 bridgehead atoms. The van der Waals surface area contributed by atoms with Gasteiger partial charge in [0, 0.05) is 10.6 Å². The zero-order valence-corrected chi connectivity index (χ0v) is 21.4. The van der Waals surface area contributed by atoms with Gasteiger partial charge in [-0.1, -0.05) is 23.7 Å². The molecular formula is C24H23ClF3N3O4S. The van der Waals surface area contributed by atoms with Gasteiger partial charge >= 0.3 is 12.1 Å². The molecule has 2 unspecified atom stereocenters. The lowest BCUT2D eigenvalue weighted by molar-refractivity contribution is -0.147. The van der Waals surface area contributed by atoms with Crippen molar-refractivity contribution in [2.45, 2.75) is 43.0 Å². The number of aromatic nitrogens is 3. The molecular weight excluding hydrogens is 519 g/mol. The Morgan fingerprint density at radius 1 is 1.14 bits per heavy atom. The molecule has 0 aliphatic carbocycles. The maximum Gasteiger partial charge on any atom is 0.452 e. The number of methoxy groups -OCH3 is 2. The number of carbonyl (C=O) groups is 1. The number of carbonyl (C=O) groups excluding carboxylic acids is 1. The maximum absolute atomic E-state index is 14.0. The fourth-order valence-electron chi connectivity index (χ4n) is 4.12. The van der Waals surface area contributed by atoms with Crippen molar-refractivity contribution in [2.75, 3.05) is 14.2 Å². The van der Waals surface area contributed by atoms with Crippen LogP contribution in [-0.2, 0) is 15.7 Å². The number of rotatable bonds is 6. The predicted molar refractivity (Wildman–Crippen MR) is 129 cm³/mol. The van der Waals surface area contributed by atoms with E-state index in [2.05, 4.69) is 10.2 Å². The second-order valence-electron chi connectivity index (χ2n) is 8.25. The van der Waals surface area contributed by atoms with Crippen LogP contribution in [0.2, 0.25) is 5.02 Å². The molecule has 2 heterocycles. The highest BCUT2D eigenvalue weighted by molar-refractivity contribution is 8.00. The normalized spacial score (nSPS) is 17.2. The van der Waals surface area contributed by atoms with Crippen LogP contribution in [0.5, 0.6) is 11.5 Å². The summed E-state index contributed by atoms with van der Waals surface area (Å²) in [5.74, 6) is -0.899. The van der Waals surface area contributed by atoms with Gasteiger partial charge in [0.05, 0.1) is 42.9 Å². The van der Waals surface area contributed by atoms with Gasteiger partial charge in [-0.2, -0.15) is 13.2 Å². The van der Waals surface area contributed by atoms with Crippen LogP contribution in [0.1, 0.15) is 53.5 Å². The number of fused-ring (bicyclic) bond motifs is 3. The molecule has 0 fully saturated rings. The topological polar surface area (TPSA) is 75.5 Å². The van der Waals surface area contributed by atoms with Crippen LogP contribution in [0.25, 0.3) is 5.69 Å². The molecule has 4 rings (SSSR count). The Kier molecular flexibility index (Phi) is 7.42. The Labute approximate surface area is 214 Å². The molecule has 2 aromatic carbocycles. The summed E-state index contributed by atoms with van der Waals surface area (Å²) in [5, 5.41) is 6.27. The number of nitrogens with zero attached hydrogens (tertiary/aromatic N) is 3. The van der Waals surface area contributed by atoms with Crippen molar-refractivity contribution in [3.05, 3.63) is 64.2 Å². The number of benzene rings is 2. The molecule has 0 spiro atoms. The van der Waals surface area contributed by atoms with E-state index in [0.29, 0.717) is 27.6 Å². The summed E-state index contributed by atoms with van der Waals surface area (Å²) in [6.45, 7) is 3.40. The monoisotopic (exact) mass is 541 g/mol. The van der Waals surface area contributed by atoms with Crippen molar-refractivity contribution < 1.29 is 32.2 Å². The first-order chi connectivity index (χ1) is 17.0. The number of thioether (sulfide) groups is 1. The van der Waals surface area contributed by atoms with Crippen LogP contribution in [0.3, 0.4) is 0 Å². The lowest BCUT2D eigenvalue weighted by atomic mass is 10.0. The number of esters is 1. The van der Waals surface area contributed by atoms with Crippen molar-refractivity contribution >= 4 is 29.3 Å². The van der Waals surface area contributed by atoms with Gasteiger partial charge < -0.3 is 14.2 Å². The van der Waals surface area contributed by atoms with Gasteiger partial charge in [-0.25, -0.2) is 0 Å². The standard InChI is InChI=1S/C24H23ClF3N3O4S/c1-12(2)35-19(32)11-18-22-29-30-23(24(26,27)28)31(22)16-9-8-13(25)10-15(16)21(36-18)14-6-5-7-17(33-3)20(14)34-4/h5-10,12,18,21H,11H2,1-4H3. The fraction of sp³-hybridized carbons (Fsp3) is 0.375. The molecule has 36 heavy (non-hydrogen) atoms.